The maximum atomic E-state index is 12.8. The molecule has 2 rings (SSSR count). The average molecular weight is 359 g/mol. The monoisotopic (exact) mass is 359 g/mol. The van der Waals surface area contributed by atoms with Gasteiger partial charge in [-0.3, -0.25) is 0 Å². The van der Waals surface area contributed by atoms with Crippen molar-refractivity contribution in [1.29, 1.82) is 5.26 Å². The van der Waals surface area contributed by atoms with Crippen molar-refractivity contribution in [2.75, 3.05) is 12.3 Å². The fourth-order valence-corrected chi connectivity index (χ4v) is 3.06. The van der Waals surface area contributed by atoms with Crippen LogP contribution in [-0.4, -0.2) is 17.4 Å². The van der Waals surface area contributed by atoms with Crippen LogP contribution in [-0.2, 0) is 12.3 Å². The first-order chi connectivity index (χ1) is 11.7. The zero-order valence-corrected chi connectivity index (χ0v) is 14.7. The molecular formula is C18H18FN3S2. The van der Waals surface area contributed by atoms with Crippen LogP contribution in [0.3, 0.4) is 0 Å². The second-order valence-corrected chi connectivity index (χ2v) is 6.57. The molecular weight excluding hydrogens is 341 g/mol. The second kappa shape index (κ2) is 9.91. The number of nitrogens with one attached hydrogen (secondary N) is 2. The van der Waals surface area contributed by atoms with Crippen LogP contribution in [0, 0.1) is 17.1 Å². The molecule has 0 bridgehead atoms. The van der Waals surface area contributed by atoms with Gasteiger partial charge in [0.25, 0.3) is 0 Å². The summed E-state index contributed by atoms with van der Waals surface area (Å²) in [4.78, 5) is 0. The number of nitriles is 1. The molecule has 0 radical (unpaired) electrons. The highest BCUT2D eigenvalue weighted by Crippen LogP contribution is 2.15. The molecule has 0 atom stereocenters. The molecule has 0 saturated heterocycles. The van der Waals surface area contributed by atoms with Crippen LogP contribution < -0.4 is 10.6 Å². The third-order valence-corrected chi connectivity index (χ3v) is 4.59. The first kappa shape index (κ1) is 18.2. The van der Waals surface area contributed by atoms with Crippen molar-refractivity contribution in [3.05, 3.63) is 71.0 Å². The maximum Gasteiger partial charge on any atom is 0.166 e. The summed E-state index contributed by atoms with van der Waals surface area (Å²) < 4.78 is 12.8. The summed E-state index contributed by atoms with van der Waals surface area (Å²) in [6.45, 7) is 1.31. The molecule has 6 heteroatoms. The number of hydrogen-bond acceptors (Lipinski definition) is 3. The number of benzene rings is 2. The van der Waals surface area contributed by atoms with Crippen LogP contribution in [0.5, 0.6) is 0 Å². The largest absolute Gasteiger partial charge is 0.362 e. The van der Waals surface area contributed by atoms with Crippen molar-refractivity contribution < 1.29 is 4.39 Å². The first-order valence-corrected chi connectivity index (χ1v) is 9.07. The third kappa shape index (κ3) is 6.19. The van der Waals surface area contributed by atoms with E-state index in [1.165, 1.54) is 12.1 Å². The van der Waals surface area contributed by atoms with Gasteiger partial charge in [-0.1, -0.05) is 30.3 Å². The SMILES string of the molecule is N#Cc1ccccc1CSCCNC(=S)NCc1ccc(F)cc1. The van der Waals surface area contributed by atoms with Crippen LogP contribution in [0.4, 0.5) is 4.39 Å². The molecule has 24 heavy (non-hydrogen) atoms. The Kier molecular flexibility index (Phi) is 7.53. The lowest BCUT2D eigenvalue weighted by atomic mass is 10.1. The van der Waals surface area contributed by atoms with E-state index in [1.54, 1.807) is 23.9 Å². The fourth-order valence-electron chi connectivity index (χ4n) is 2.02. The molecule has 0 saturated carbocycles. The van der Waals surface area contributed by atoms with Crippen molar-refractivity contribution in [1.82, 2.24) is 10.6 Å². The molecule has 0 aliphatic rings. The molecule has 2 aromatic rings. The van der Waals surface area contributed by atoms with Gasteiger partial charge >= 0.3 is 0 Å². The fraction of sp³-hybridized carbons (Fsp3) is 0.222. The summed E-state index contributed by atoms with van der Waals surface area (Å²) in [6.07, 6.45) is 0. The highest BCUT2D eigenvalue weighted by molar-refractivity contribution is 7.98. The summed E-state index contributed by atoms with van der Waals surface area (Å²) in [5.74, 6) is 1.45. The van der Waals surface area contributed by atoms with E-state index in [4.69, 9.17) is 17.5 Å². The number of rotatable bonds is 7. The quantitative estimate of drug-likeness (QED) is 0.584. The van der Waals surface area contributed by atoms with Gasteiger partial charge in [0.05, 0.1) is 11.6 Å². The highest BCUT2D eigenvalue weighted by atomic mass is 32.2. The smallest absolute Gasteiger partial charge is 0.166 e. The third-order valence-electron chi connectivity index (χ3n) is 3.29. The van der Waals surface area contributed by atoms with Gasteiger partial charge in [0.15, 0.2) is 5.11 Å². The summed E-state index contributed by atoms with van der Waals surface area (Å²) in [5, 5.41) is 15.9. The molecule has 2 N–H and O–H groups in total. The van der Waals surface area contributed by atoms with Crippen LogP contribution in [0.2, 0.25) is 0 Å². The van der Waals surface area contributed by atoms with Crippen molar-refractivity contribution in [3.63, 3.8) is 0 Å². The van der Waals surface area contributed by atoms with Gasteiger partial charge in [-0.15, -0.1) is 0 Å². The van der Waals surface area contributed by atoms with Gasteiger partial charge in [-0.2, -0.15) is 17.0 Å². The number of nitrogens with zero attached hydrogens (tertiary/aromatic N) is 1. The van der Waals surface area contributed by atoms with E-state index >= 15 is 0 Å². The van der Waals surface area contributed by atoms with Gasteiger partial charge in [0.2, 0.25) is 0 Å². The molecule has 3 nitrogen and oxygen atoms in total. The Labute approximate surface area is 151 Å². The molecule has 0 fully saturated rings. The molecule has 0 unspecified atom stereocenters. The lowest BCUT2D eigenvalue weighted by Gasteiger charge is -2.10. The molecule has 0 amide bonds. The van der Waals surface area contributed by atoms with Crippen LogP contribution in [0.15, 0.2) is 48.5 Å². The summed E-state index contributed by atoms with van der Waals surface area (Å²) >= 11 is 6.96. The minimum absolute atomic E-state index is 0.241. The Morgan fingerprint density at radius 2 is 1.88 bits per heavy atom. The molecule has 0 aliphatic carbocycles. The second-order valence-electron chi connectivity index (χ2n) is 5.06. The van der Waals surface area contributed by atoms with Gasteiger partial charge < -0.3 is 10.6 Å². The molecule has 0 spiro atoms. The maximum absolute atomic E-state index is 12.8. The van der Waals surface area contributed by atoms with E-state index in [0.717, 1.165) is 34.7 Å². The predicted octanol–water partition coefficient (Wildman–Crippen LogP) is 3.59. The normalized spacial score (nSPS) is 10.0. The standard InChI is InChI=1S/C18H18FN3S2/c19-17-7-5-14(6-8-17)12-22-18(23)21-9-10-24-13-16-4-2-1-3-15(16)11-20/h1-8H,9-10,12-13H2,(H2,21,22,23). The zero-order valence-electron chi connectivity index (χ0n) is 13.1. The van der Waals surface area contributed by atoms with E-state index < -0.39 is 0 Å². The van der Waals surface area contributed by atoms with Crippen molar-refractivity contribution in [2.24, 2.45) is 0 Å². The van der Waals surface area contributed by atoms with E-state index in [2.05, 4.69) is 16.7 Å². The van der Waals surface area contributed by atoms with Crippen molar-refractivity contribution in [3.8, 4) is 6.07 Å². The van der Waals surface area contributed by atoms with Crippen molar-refractivity contribution >= 4 is 29.1 Å². The van der Waals surface area contributed by atoms with Gasteiger partial charge in [0, 0.05) is 24.6 Å². The van der Waals surface area contributed by atoms with Crippen LogP contribution >= 0.6 is 24.0 Å². The van der Waals surface area contributed by atoms with E-state index in [-0.39, 0.29) is 5.82 Å². The predicted molar refractivity (Wildman–Crippen MR) is 101 cm³/mol. The van der Waals surface area contributed by atoms with Gasteiger partial charge in [-0.05, 0) is 41.5 Å². The first-order valence-electron chi connectivity index (χ1n) is 7.51. The molecule has 0 aliphatic heterocycles. The molecule has 0 aromatic heterocycles. The van der Waals surface area contributed by atoms with E-state index in [9.17, 15) is 4.39 Å². The summed E-state index contributed by atoms with van der Waals surface area (Å²) in [7, 11) is 0. The number of thioether (sulfide) groups is 1. The lowest BCUT2D eigenvalue weighted by molar-refractivity contribution is 0.626. The minimum Gasteiger partial charge on any atom is -0.362 e. The van der Waals surface area contributed by atoms with E-state index in [1.807, 2.05) is 24.3 Å². The van der Waals surface area contributed by atoms with Crippen molar-refractivity contribution in [2.45, 2.75) is 12.3 Å². The Balaban J connectivity index is 1.61. The topological polar surface area (TPSA) is 47.9 Å². The Hall–Kier alpha value is -2.10. The lowest BCUT2D eigenvalue weighted by Crippen LogP contribution is -2.36. The highest BCUT2D eigenvalue weighted by Gasteiger charge is 2.01. The summed E-state index contributed by atoms with van der Waals surface area (Å²) in [6, 6.07) is 16.2. The minimum atomic E-state index is -0.241. The Bertz CT molecular complexity index is 711. The van der Waals surface area contributed by atoms with Gasteiger partial charge in [-0.25, -0.2) is 4.39 Å². The zero-order chi connectivity index (χ0) is 17.2. The number of thiocarbonyl (C=S) groups is 1. The van der Waals surface area contributed by atoms with E-state index in [0.29, 0.717) is 11.7 Å². The van der Waals surface area contributed by atoms with Gasteiger partial charge in [0.1, 0.15) is 5.82 Å². The summed E-state index contributed by atoms with van der Waals surface area (Å²) in [5.41, 5.74) is 2.76. The number of hydrogen-bond donors (Lipinski definition) is 2. The molecule has 124 valence electrons. The Morgan fingerprint density at radius 1 is 1.12 bits per heavy atom. The number of halogens is 1. The molecule has 2 aromatic carbocycles. The van der Waals surface area contributed by atoms with Crippen LogP contribution in [0.1, 0.15) is 16.7 Å². The Morgan fingerprint density at radius 3 is 2.62 bits per heavy atom. The molecule has 0 heterocycles. The average Bonchev–Trinajstić information content (AvgIpc) is 2.61. The van der Waals surface area contributed by atoms with Crippen LogP contribution in [0.25, 0.3) is 0 Å².